The lowest BCUT2D eigenvalue weighted by Gasteiger charge is -2.49. The van der Waals surface area contributed by atoms with Crippen molar-refractivity contribution in [1.29, 1.82) is 0 Å². The van der Waals surface area contributed by atoms with Gasteiger partial charge in [0.2, 0.25) is 0 Å². The summed E-state index contributed by atoms with van der Waals surface area (Å²) in [6, 6.07) is 5.93. The van der Waals surface area contributed by atoms with Crippen LogP contribution in [-0.4, -0.2) is 199 Å². The Morgan fingerprint density at radius 3 is 2.23 bits per heavy atom. The van der Waals surface area contributed by atoms with Gasteiger partial charge in [-0.25, -0.2) is 0 Å². The van der Waals surface area contributed by atoms with Gasteiger partial charge >= 0.3 is 5.97 Å². The number of methoxy groups -OCH3 is 1. The smallest absolute Gasteiger partial charge is 0.311 e. The number of carbonyl (C=O) groups is 1. The van der Waals surface area contributed by atoms with Crippen LogP contribution in [-0.2, 0) is 57.4 Å². The van der Waals surface area contributed by atoms with Crippen molar-refractivity contribution in [2.45, 2.75) is 199 Å². The molecule has 0 bridgehead atoms. The van der Waals surface area contributed by atoms with Gasteiger partial charge in [0.25, 0.3) is 5.69 Å². The average Bonchev–Trinajstić information content (AvgIpc) is 3.81. The van der Waals surface area contributed by atoms with Crippen LogP contribution in [0.5, 0.6) is 0 Å². The minimum absolute atomic E-state index is 0.0298. The van der Waals surface area contributed by atoms with E-state index >= 15 is 0 Å². The number of hydrogen-bond acceptors (Lipinski definition) is 20. The second kappa shape index (κ2) is 26.0. The minimum Gasteiger partial charge on any atom is -0.459 e. The van der Waals surface area contributed by atoms with Gasteiger partial charge in [-0.3, -0.25) is 19.6 Å². The lowest BCUT2D eigenvalue weighted by atomic mass is 9.73. The van der Waals surface area contributed by atoms with Gasteiger partial charge in [-0.2, -0.15) is 0 Å². The van der Waals surface area contributed by atoms with Crippen LogP contribution in [0.2, 0.25) is 0 Å². The molecule has 420 valence electrons. The molecular weight excluding hydrogens is 963 g/mol. The summed E-state index contributed by atoms with van der Waals surface area (Å²) in [6.45, 7) is 18.8. The van der Waals surface area contributed by atoms with E-state index in [9.17, 15) is 40.4 Å². The molecule has 22 nitrogen and oxygen atoms in total. The first-order valence-electron chi connectivity index (χ1n) is 26.2. The molecule has 0 saturated carbocycles. The van der Waals surface area contributed by atoms with Crippen LogP contribution in [0.1, 0.15) is 106 Å². The molecule has 4 heterocycles. The average molecular weight is 1050 g/mol. The number of rotatable bonds is 18. The highest BCUT2D eigenvalue weighted by Gasteiger charge is 2.53. The Bertz CT molecular complexity index is 2130. The fourth-order valence-electron chi connectivity index (χ4n) is 10.9. The maximum absolute atomic E-state index is 14.6. The van der Waals surface area contributed by atoms with Crippen LogP contribution in [0.3, 0.4) is 0 Å². The zero-order valence-electron chi connectivity index (χ0n) is 46.1. The molecule has 0 amide bonds. The highest BCUT2D eigenvalue weighted by atomic mass is 16.7. The number of likely N-dealkylation sites (N-methyl/N-ethyl adjacent to an activating group) is 2. The van der Waals surface area contributed by atoms with Crippen LogP contribution in [0.15, 0.2) is 35.6 Å². The molecular formula is C52H87N7O15. The van der Waals surface area contributed by atoms with Crippen molar-refractivity contribution in [3.05, 3.63) is 51.8 Å². The van der Waals surface area contributed by atoms with Crippen molar-refractivity contribution >= 4 is 17.4 Å². The molecule has 0 radical (unpaired) electrons. The topological polar surface area (TPSA) is 276 Å². The Morgan fingerprint density at radius 2 is 1.61 bits per heavy atom. The summed E-state index contributed by atoms with van der Waals surface area (Å²) in [7, 11) is 7.18. The minimum atomic E-state index is -1.97. The molecule has 1 aromatic heterocycles. The van der Waals surface area contributed by atoms with Gasteiger partial charge in [0, 0.05) is 81.7 Å². The Labute approximate surface area is 436 Å². The monoisotopic (exact) mass is 1050 g/mol. The number of aliphatic hydroxyl groups is 5. The maximum Gasteiger partial charge on any atom is 0.311 e. The second-order valence-corrected chi connectivity index (χ2v) is 22.1. The molecule has 3 aliphatic heterocycles. The predicted octanol–water partition coefficient (Wildman–Crippen LogP) is 3.51. The number of nitrogens with zero attached hydrogens (tertiary/aromatic N) is 7. The summed E-state index contributed by atoms with van der Waals surface area (Å²) in [6.07, 6.45) is -7.22. The van der Waals surface area contributed by atoms with E-state index in [0.29, 0.717) is 44.6 Å². The molecule has 3 aliphatic rings. The highest BCUT2D eigenvalue weighted by molar-refractivity contribution is 5.88. The number of oxime groups is 1. The molecule has 3 fully saturated rings. The van der Waals surface area contributed by atoms with Crippen molar-refractivity contribution in [2.75, 3.05) is 47.9 Å². The van der Waals surface area contributed by atoms with Crippen molar-refractivity contribution in [2.24, 2.45) is 28.8 Å². The number of esters is 1. The van der Waals surface area contributed by atoms with Crippen molar-refractivity contribution in [3.8, 4) is 0 Å². The van der Waals surface area contributed by atoms with Gasteiger partial charge in [0.15, 0.2) is 12.6 Å². The molecule has 3 saturated heterocycles. The Balaban J connectivity index is 1.48. The van der Waals surface area contributed by atoms with Gasteiger partial charge in [-0.15, -0.1) is 5.10 Å². The number of aromatic nitrogens is 3. The molecule has 4 unspecified atom stereocenters. The zero-order valence-corrected chi connectivity index (χ0v) is 46.1. The summed E-state index contributed by atoms with van der Waals surface area (Å²) < 4.78 is 40.1. The molecule has 0 spiro atoms. The SMILES string of the molecule is CC[C@H]1OC(=O)[C@H](C)C(OC2C[C@@](C)(OC)[C@@H](O)[C@H](C)O2)C(C)[C@@H](OC2O[C@H](C)C[C@H](N(C)CCc3cn(CCc4ccc([N+](=O)[O-])cc4)nn3)[C@H]2O)[C@](C)(O)C[C@@H](C)C(=NOCCN(C)C)[C@H](C)[C@@H](O)[C@]1(C)O. The quantitative estimate of drug-likeness (QED) is 0.0618. The maximum atomic E-state index is 14.6. The molecule has 5 rings (SSSR count). The van der Waals surface area contributed by atoms with Gasteiger partial charge in [0.1, 0.15) is 30.5 Å². The van der Waals surface area contributed by atoms with Gasteiger partial charge in [-0.05, 0) is 93.9 Å². The first-order chi connectivity index (χ1) is 34.6. The number of benzene rings is 1. The molecule has 18 atom stereocenters. The summed E-state index contributed by atoms with van der Waals surface area (Å²) in [4.78, 5) is 35.0. The predicted molar refractivity (Wildman–Crippen MR) is 273 cm³/mol. The van der Waals surface area contributed by atoms with E-state index in [2.05, 4.69) is 15.5 Å². The summed E-state index contributed by atoms with van der Waals surface area (Å²) in [5.41, 5.74) is -2.85. The van der Waals surface area contributed by atoms with E-state index in [-0.39, 0.29) is 31.6 Å². The highest BCUT2D eigenvalue weighted by Crippen LogP contribution is 2.41. The number of hydrogen-bond donors (Lipinski definition) is 5. The van der Waals surface area contributed by atoms with Gasteiger partial charge in [0.05, 0.1) is 64.0 Å². The second-order valence-electron chi connectivity index (χ2n) is 22.1. The Kier molecular flexibility index (Phi) is 21.5. The number of non-ortho nitro benzene ring substituents is 1. The number of aryl methyl sites for hydroxylation is 2. The Morgan fingerprint density at radius 1 is 0.932 bits per heavy atom. The molecule has 0 aliphatic carbocycles. The Hall–Kier alpha value is -3.78. The van der Waals surface area contributed by atoms with E-state index < -0.39 is 119 Å². The molecule has 22 heteroatoms. The lowest BCUT2D eigenvalue weighted by molar-refractivity contribution is -0.384. The fourth-order valence-corrected chi connectivity index (χ4v) is 10.9. The summed E-state index contributed by atoms with van der Waals surface area (Å²) >= 11 is 0. The third-order valence-corrected chi connectivity index (χ3v) is 15.6. The molecule has 1 aromatic carbocycles. The third-order valence-electron chi connectivity index (χ3n) is 15.6. The van der Waals surface area contributed by atoms with E-state index in [4.69, 9.17) is 33.3 Å². The first-order valence-corrected chi connectivity index (χ1v) is 26.2. The lowest BCUT2D eigenvalue weighted by Crippen LogP contribution is -2.61. The summed E-state index contributed by atoms with van der Waals surface area (Å²) in [5, 5.41) is 84.9. The number of cyclic esters (lactones) is 1. The zero-order chi connectivity index (χ0) is 55.0. The molecule has 5 N–H and O–H groups in total. The van der Waals surface area contributed by atoms with Crippen molar-refractivity contribution in [1.82, 2.24) is 24.8 Å². The summed E-state index contributed by atoms with van der Waals surface area (Å²) in [5.74, 6) is -4.24. The molecule has 2 aromatic rings. The third kappa shape index (κ3) is 15.0. The van der Waals surface area contributed by atoms with E-state index in [1.54, 1.807) is 65.3 Å². The number of nitro benzene ring substituents is 1. The van der Waals surface area contributed by atoms with E-state index in [1.807, 2.05) is 51.0 Å². The van der Waals surface area contributed by atoms with Crippen LogP contribution in [0.4, 0.5) is 5.69 Å². The number of carbonyl (C=O) groups excluding carboxylic acids is 1. The number of nitro groups is 1. The van der Waals surface area contributed by atoms with E-state index in [0.717, 1.165) is 11.3 Å². The van der Waals surface area contributed by atoms with E-state index in [1.165, 1.54) is 26.2 Å². The number of aliphatic hydroxyl groups excluding tert-OH is 3. The van der Waals surface area contributed by atoms with Crippen LogP contribution in [0, 0.1) is 33.8 Å². The normalized spacial score (nSPS) is 38.5. The van der Waals surface area contributed by atoms with Gasteiger partial charge < -0.3 is 68.6 Å². The number of ether oxygens (including phenoxy) is 6. The van der Waals surface area contributed by atoms with Crippen LogP contribution < -0.4 is 0 Å². The van der Waals surface area contributed by atoms with Gasteiger partial charge in [-0.1, -0.05) is 50.2 Å². The van der Waals surface area contributed by atoms with Crippen LogP contribution >= 0.6 is 0 Å². The first kappa shape index (κ1) is 61.1. The van der Waals surface area contributed by atoms with Crippen molar-refractivity contribution in [3.63, 3.8) is 0 Å². The standard InChI is InChI=1S/C52H87N7O15/c1-15-40-52(10,65)45(61)32(4)42(54-69-25-24-56(11)12)30(2)27-50(8,64)47(33(5)44(34(6)48(63)72-40)73-41-28-51(9,68-14)46(62)35(7)71-41)74-49-43(60)39(26-31(3)70-49)57(13)22-21-37-29-58(55-53-37)23-20-36-16-18-38(19-17-36)59(66)67/h16-19,29-35,39-41,43-47,49,60-62,64-65H,15,20-28H2,1-14H3/t30-,31-,32+,33?,34-,35+,39+,40-,41?,43-,44?,45-,46+,47-,49?,50-,51-,52-/m1/s1. The largest absolute Gasteiger partial charge is 0.459 e. The van der Waals surface area contributed by atoms with Crippen LogP contribution in [0.25, 0.3) is 0 Å². The fraction of sp³-hybridized carbons (Fsp3) is 0.808. The van der Waals surface area contributed by atoms with Crippen molar-refractivity contribution < 1.29 is 68.5 Å². The molecule has 74 heavy (non-hydrogen) atoms.